The molecule has 0 heterocycles. The summed E-state index contributed by atoms with van der Waals surface area (Å²) in [5, 5.41) is 6.01. The molecule has 4 heteroatoms. The average Bonchev–Trinajstić information content (AvgIpc) is 2.38. The van der Waals surface area contributed by atoms with Crippen molar-refractivity contribution in [2.24, 2.45) is 0 Å². The van der Waals surface area contributed by atoms with Gasteiger partial charge in [-0.15, -0.1) is 0 Å². The number of rotatable bonds is 6. The molecule has 1 amide bonds. The summed E-state index contributed by atoms with van der Waals surface area (Å²) in [7, 11) is 0. The van der Waals surface area contributed by atoms with E-state index in [4.69, 9.17) is 0 Å². The molecule has 1 aromatic carbocycles. The van der Waals surface area contributed by atoms with Crippen LogP contribution in [0, 0.1) is 12.7 Å². The van der Waals surface area contributed by atoms with E-state index >= 15 is 0 Å². The highest BCUT2D eigenvalue weighted by Gasteiger charge is 2.16. The second kappa shape index (κ2) is 7.24. The van der Waals surface area contributed by atoms with Gasteiger partial charge in [0.05, 0.1) is 6.04 Å². The molecule has 19 heavy (non-hydrogen) atoms. The van der Waals surface area contributed by atoms with Crippen molar-refractivity contribution in [2.45, 2.75) is 46.2 Å². The van der Waals surface area contributed by atoms with Crippen molar-refractivity contribution < 1.29 is 9.18 Å². The predicted molar refractivity (Wildman–Crippen MR) is 75.5 cm³/mol. The molecule has 3 nitrogen and oxygen atoms in total. The molecule has 0 saturated carbocycles. The van der Waals surface area contributed by atoms with Gasteiger partial charge in [0.1, 0.15) is 5.82 Å². The van der Waals surface area contributed by atoms with Gasteiger partial charge in [0, 0.05) is 12.6 Å². The first kappa shape index (κ1) is 15.6. The van der Waals surface area contributed by atoms with E-state index < -0.39 is 0 Å². The van der Waals surface area contributed by atoms with Gasteiger partial charge in [-0.1, -0.05) is 19.1 Å². The van der Waals surface area contributed by atoms with Crippen molar-refractivity contribution in [3.05, 3.63) is 35.1 Å². The number of aryl methyl sites for hydroxylation is 1. The zero-order valence-corrected chi connectivity index (χ0v) is 12.1. The van der Waals surface area contributed by atoms with E-state index in [1.165, 1.54) is 6.07 Å². The third-order valence-corrected chi connectivity index (χ3v) is 3.14. The van der Waals surface area contributed by atoms with Crippen LogP contribution in [0.1, 0.15) is 44.4 Å². The molecule has 0 saturated heterocycles. The Morgan fingerprint density at radius 3 is 2.63 bits per heavy atom. The summed E-state index contributed by atoms with van der Waals surface area (Å²) in [4.78, 5) is 11.7. The Labute approximate surface area is 114 Å². The first-order chi connectivity index (χ1) is 8.95. The molecule has 1 aromatic rings. The molecule has 0 aliphatic heterocycles. The van der Waals surface area contributed by atoms with Gasteiger partial charge in [-0.25, -0.2) is 4.39 Å². The van der Waals surface area contributed by atoms with Crippen LogP contribution in [-0.4, -0.2) is 18.5 Å². The highest BCUT2D eigenvalue weighted by Crippen LogP contribution is 2.16. The zero-order chi connectivity index (χ0) is 14.4. The number of amides is 1. The van der Waals surface area contributed by atoms with Crippen molar-refractivity contribution in [1.29, 1.82) is 0 Å². The second-order valence-corrected chi connectivity index (χ2v) is 4.91. The molecule has 0 aliphatic rings. The van der Waals surface area contributed by atoms with Crippen LogP contribution >= 0.6 is 0 Å². The number of carbonyl (C=O) groups excluding carboxylic acids is 1. The molecule has 0 spiro atoms. The number of carbonyl (C=O) groups is 1. The van der Waals surface area contributed by atoms with E-state index in [0.29, 0.717) is 12.1 Å². The standard InChI is InChI=1S/C15H23FN2O/c1-5-8-17-15(19)12(4)18-11(3)13-7-6-10(2)14(16)9-13/h6-7,9,11-12,18H,5,8H2,1-4H3,(H,17,19). The summed E-state index contributed by atoms with van der Waals surface area (Å²) < 4.78 is 13.5. The minimum Gasteiger partial charge on any atom is -0.355 e. The van der Waals surface area contributed by atoms with Crippen molar-refractivity contribution >= 4 is 5.91 Å². The maximum atomic E-state index is 13.5. The fourth-order valence-electron chi connectivity index (χ4n) is 1.83. The number of benzene rings is 1. The highest BCUT2D eigenvalue weighted by molar-refractivity contribution is 5.81. The Hall–Kier alpha value is -1.42. The summed E-state index contributed by atoms with van der Waals surface area (Å²) in [6.07, 6.45) is 0.914. The van der Waals surface area contributed by atoms with E-state index in [0.717, 1.165) is 12.0 Å². The van der Waals surface area contributed by atoms with Crippen LogP contribution in [0.4, 0.5) is 4.39 Å². The topological polar surface area (TPSA) is 41.1 Å². The van der Waals surface area contributed by atoms with E-state index in [1.54, 1.807) is 13.0 Å². The molecule has 2 N–H and O–H groups in total. The quantitative estimate of drug-likeness (QED) is 0.831. The van der Waals surface area contributed by atoms with Gasteiger partial charge in [0.15, 0.2) is 0 Å². The SMILES string of the molecule is CCCNC(=O)C(C)NC(C)c1ccc(C)c(F)c1. The maximum absolute atomic E-state index is 13.5. The van der Waals surface area contributed by atoms with Crippen LogP contribution in [0.5, 0.6) is 0 Å². The first-order valence-electron chi connectivity index (χ1n) is 6.75. The van der Waals surface area contributed by atoms with Crippen LogP contribution < -0.4 is 10.6 Å². The van der Waals surface area contributed by atoms with Gasteiger partial charge in [-0.05, 0) is 44.4 Å². The highest BCUT2D eigenvalue weighted by atomic mass is 19.1. The summed E-state index contributed by atoms with van der Waals surface area (Å²) in [5.74, 6) is -0.240. The lowest BCUT2D eigenvalue weighted by Crippen LogP contribution is -2.43. The number of halogens is 1. The van der Waals surface area contributed by atoms with Crippen molar-refractivity contribution in [3.63, 3.8) is 0 Å². The monoisotopic (exact) mass is 266 g/mol. The average molecular weight is 266 g/mol. The number of nitrogens with one attached hydrogen (secondary N) is 2. The van der Waals surface area contributed by atoms with Crippen LogP contribution in [-0.2, 0) is 4.79 Å². The Kier molecular flexibility index (Phi) is 5.96. The molecule has 0 aliphatic carbocycles. The third-order valence-electron chi connectivity index (χ3n) is 3.14. The second-order valence-electron chi connectivity index (χ2n) is 4.91. The lowest BCUT2D eigenvalue weighted by Gasteiger charge is -2.20. The Morgan fingerprint density at radius 2 is 2.05 bits per heavy atom. The molecule has 106 valence electrons. The molecule has 1 rings (SSSR count). The third kappa shape index (κ3) is 4.63. The number of hydrogen-bond acceptors (Lipinski definition) is 2. The Bertz CT molecular complexity index is 434. The minimum absolute atomic E-state index is 0.0266. The Morgan fingerprint density at radius 1 is 1.37 bits per heavy atom. The molecule has 2 atom stereocenters. The molecular formula is C15H23FN2O. The summed E-state index contributed by atoms with van der Waals surface area (Å²) >= 11 is 0. The van der Waals surface area contributed by atoms with Gasteiger partial charge in [-0.2, -0.15) is 0 Å². The van der Waals surface area contributed by atoms with E-state index in [9.17, 15) is 9.18 Å². The van der Waals surface area contributed by atoms with E-state index in [2.05, 4.69) is 10.6 Å². The molecule has 0 aromatic heterocycles. The van der Waals surface area contributed by atoms with Crippen molar-refractivity contribution in [3.8, 4) is 0 Å². The van der Waals surface area contributed by atoms with Crippen LogP contribution in [0.2, 0.25) is 0 Å². The fourth-order valence-corrected chi connectivity index (χ4v) is 1.83. The van der Waals surface area contributed by atoms with Crippen LogP contribution in [0.15, 0.2) is 18.2 Å². The summed E-state index contributed by atoms with van der Waals surface area (Å²) in [6, 6.07) is 4.78. The van der Waals surface area contributed by atoms with Gasteiger partial charge < -0.3 is 5.32 Å². The first-order valence-corrected chi connectivity index (χ1v) is 6.75. The zero-order valence-electron chi connectivity index (χ0n) is 12.1. The molecular weight excluding hydrogens is 243 g/mol. The van der Waals surface area contributed by atoms with Crippen molar-refractivity contribution in [2.75, 3.05) is 6.54 Å². The van der Waals surface area contributed by atoms with Gasteiger partial charge in [0.2, 0.25) is 5.91 Å². The minimum atomic E-state index is -0.300. The lowest BCUT2D eigenvalue weighted by atomic mass is 10.1. The predicted octanol–water partition coefficient (Wildman–Crippen LogP) is 2.70. The lowest BCUT2D eigenvalue weighted by molar-refractivity contribution is -0.122. The summed E-state index contributed by atoms with van der Waals surface area (Å²) in [5.41, 5.74) is 1.47. The molecule has 2 unspecified atom stereocenters. The molecule has 0 fully saturated rings. The Balaban J connectivity index is 2.60. The van der Waals surface area contributed by atoms with Gasteiger partial charge >= 0.3 is 0 Å². The normalized spacial score (nSPS) is 13.9. The molecule has 0 bridgehead atoms. The van der Waals surface area contributed by atoms with E-state index in [1.807, 2.05) is 26.8 Å². The number of hydrogen-bond donors (Lipinski definition) is 2. The molecule has 0 radical (unpaired) electrons. The van der Waals surface area contributed by atoms with Gasteiger partial charge in [-0.3, -0.25) is 10.1 Å². The smallest absolute Gasteiger partial charge is 0.236 e. The van der Waals surface area contributed by atoms with Crippen molar-refractivity contribution in [1.82, 2.24) is 10.6 Å². The largest absolute Gasteiger partial charge is 0.355 e. The van der Waals surface area contributed by atoms with Crippen LogP contribution in [0.3, 0.4) is 0 Å². The van der Waals surface area contributed by atoms with E-state index in [-0.39, 0.29) is 23.8 Å². The van der Waals surface area contributed by atoms with Crippen LogP contribution in [0.25, 0.3) is 0 Å². The fraction of sp³-hybridized carbons (Fsp3) is 0.533. The summed E-state index contributed by atoms with van der Waals surface area (Å²) in [6.45, 7) is 8.16. The maximum Gasteiger partial charge on any atom is 0.236 e. The van der Waals surface area contributed by atoms with Gasteiger partial charge in [0.25, 0.3) is 0 Å².